The van der Waals surface area contributed by atoms with Crippen molar-refractivity contribution in [2.45, 2.75) is 6.92 Å². The Morgan fingerprint density at radius 3 is 1.22 bits per heavy atom. The van der Waals surface area contributed by atoms with Gasteiger partial charge in [0, 0.05) is 26.2 Å². The first-order chi connectivity index (χ1) is 15.5. The van der Waals surface area contributed by atoms with Gasteiger partial charge in [-0.1, -0.05) is 13.0 Å². The maximum Gasteiger partial charge on any atom is 0.207 e. The summed E-state index contributed by atoms with van der Waals surface area (Å²) in [6.07, 6.45) is 0. The maximum absolute atomic E-state index is 13.4. The van der Waals surface area contributed by atoms with Crippen molar-refractivity contribution in [1.29, 1.82) is 0 Å². The third-order valence-corrected chi connectivity index (χ3v) is 4.54. The molecule has 0 aromatic heterocycles. The molecule has 37 heavy (non-hydrogen) atoms. The first kappa shape index (κ1) is 37.5. The van der Waals surface area contributed by atoms with Gasteiger partial charge in [-0.3, -0.25) is 0 Å². The minimum Gasteiger partial charge on any atom is -0.204 e. The second-order valence-electron chi connectivity index (χ2n) is 6.77. The fourth-order valence-electron chi connectivity index (χ4n) is 2.95. The molecule has 4 aromatic carbocycles. The molecule has 0 saturated carbocycles. The van der Waals surface area contributed by atoms with Crippen LogP contribution in [0.5, 0.6) is 0 Å². The average Bonchev–Trinajstić information content (AvgIpc) is 3.19. The van der Waals surface area contributed by atoms with Crippen LogP contribution in [0.2, 0.25) is 0 Å². The minimum absolute atomic E-state index is 0. The summed E-state index contributed by atoms with van der Waals surface area (Å²) in [7, 11) is -0.369. The molecule has 0 aliphatic heterocycles. The van der Waals surface area contributed by atoms with Crippen molar-refractivity contribution in [2.24, 2.45) is 0 Å². The molecule has 0 unspecified atom stereocenters. The van der Waals surface area contributed by atoms with Crippen molar-refractivity contribution >= 4 is 66.2 Å². The normalized spacial score (nSPS) is 9.70. The van der Waals surface area contributed by atoms with Crippen LogP contribution in [-0.4, -0.2) is 7.28 Å². The molecule has 0 bridgehead atoms. The second kappa shape index (κ2) is 15.1. The van der Waals surface area contributed by atoms with Crippen molar-refractivity contribution in [3.63, 3.8) is 0 Å². The average molecular weight is 675 g/mol. The first-order valence-corrected chi connectivity index (χ1v) is 8.95. The molecular weight excluding hydrogens is 663 g/mol. The number of rotatable bonds is 2. The molecule has 0 saturated heterocycles. The van der Waals surface area contributed by atoms with Crippen molar-refractivity contribution in [1.82, 2.24) is 0 Å². The van der Waals surface area contributed by atoms with Gasteiger partial charge in [0.1, 0.15) is 0 Å². The fraction of sp³-hybridized carbons (Fsp3) is 0.0455. The van der Waals surface area contributed by atoms with Gasteiger partial charge in [-0.05, 0) is 10.9 Å². The van der Waals surface area contributed by atoms with Crippen LogP contribution in [0.25, 0.3) is 10.8 Å². The van der Waals surface area contributed by atoms with E-state index in [1.165, 1.54) is 16.3 Å². The topological polar surface area (TPSA) is 0 Å². The third-order valence-electron chi connectivity index (χ3n) is 4.54. The van der Waals surface area contributed by atoms with Gasteiger partial charge >= 0.3 is 0 Å². The van der Waals surface area contributed by atoms with Crippen molar-refractivity contribution in [3.8, 4) is 0 Å². The summed E-state index contributed by atoms with van der Waals surface area (Å²) in [5.41, 5.74) is -2.37. The van der Waals surface area contributed by atoms with Crippen LogP contribution in [-0.2, 0) is 26.2 Å². The SMILES string of the molecule is Cc1cc2ccccc2[cH-]1.Cl.Cl.Cl.Fc1c(F)c(F)c([B]c2c(F)c(F)c(F)c(F)c2F)c(F)c1F.[Zr]. The smallest absolute Gasteiger partial charge is 0.204 e. The molecule has 0 amide bonds. The number of halogens is 13. The van der Waals surface area contributed by atoms with E-state index in [0.717, 1.165) is 0 Å². The zero-order valence-corrected chi connectivity index (χ0v) is 23.0. The summed E-state index contributed by atoms with van der Waals surface area (Å²) in [4.78, 5) is 0. The molecule has 199 valence electrons. The van der Waals surface area contributed by atoms with Gasteiger partial charge in [-0.25, -0.2) is 43.9 Å². The summed E-state index contributed by atoms with van der Waals surface area (Å²) in [6, 6.07) is 12.8. The number of fused-ring (bicyclic) bond motifs is 1. The van der Waals surface area contributed by atoms with Gasteiger partial charge in [0.2, 0.25) is 7.28 Å². The van der Waals surface area contributed by atoms with E-state index in [1.807, 2.05) is 0 Å². The third kappa shape index (κ3) is 7.49. The Kier molecular flexibility index (Phi) is 15.3. The Labute approximate surface area is 242 Å². The van der Waals surface area contributed by atoms with E-state index in [2.05, 4.69) is 43.3 Å². The van der Waals surface area contributed by atoms with Gasteiger partial charge in [0.15, 0.2) is 58.2 Å². The zero-order chi connectivity index (χ0) is 24.6. The fourth-order valence-corrected chi connectivity index (χ4v) is 2.95. The summed E-state index contributed by atoms with van der Waals surface area (Å²) >= 11 is 0. The van der Waals surface area contributed by atoms with E-state index in [9.17, 15) is 43.9 Å². The quantitative estimate of drug-likeness (QED) is 0.0717. The van der Waals surface area contributed by atoms with E-state index < -0.39 is 69.1 Å². The standard InChI is InChI=1S/C12BF10.C10H9.3ClH.Zr/c14-3-1(4(15)8(19)11(22)7(3)18)13-2-5(16)9(20)12(23)10(21)6(2)17;1-8-6-9-4-2-3-5-10(9)7-8;;;;/h;2-7H,1H3;3*1H;/q;-1;;;;. The van der Waals surface area contributed by atoms with Gasteiger partial charge in [-0.2, -0.15) is 6.07 Å². The maximum atomic E-state index is 13.4. The van der Waals surface area contributed by atoms with E-state index in [1.54, 1.807) is 0 Å². The molecule has 0 atom stereocenters. The molecule has 0 aliphatic carbocycles. The van der Waals surface area contributed by atoms with Gasteiger partial charge in [0.25, 0.3) is 0 Å². The molecule has 0 nitrogen and oxygen atoms in total. The Morgan fingerprint density at radius 1 is 0.541 bits per heavy atom. The molecule has 4 aromatic rings. The van der Waals surface area contributed by atoms with E-state index in [-0.39, 0.29) is 70.7 Å². The van der Waals surface area contributed by atoms with Crippen LogP contribution >= 0.6 is 37.2 Å². The number of hydrogen-bond donors (Lipinski definition) is 0. The van der Waals surface area contributed by atoms with Crippen molar-refractivity contribution < 1.29 is 70.1 Å². The van der Waals surface area contributed by atoms with Crippen molar-refractivity contribution in [3.05, 3.63) is 100 Å². The Balaban J connectivity index is 0. The molecule has 0 N–H and O–H groups in total. The molecule has 0 spiro atoms. The van der Waals surface area contributed by atoms with E-state index in [0.29, 0.717) is 0 Å². The Bertz CT molecular complexity index is 1220. The van der Waals surface area contributed by atoms with Crippen LogP contribution in [0.4, 0.5) is 43.9 Å². The van der Waals surface area contributed by atoms with Gasteiger partial charge in [-0.15, -0.1) is 77.8 Å². The van der Waals surface area contributed by atoms with Crippen LogP contribution in [0, 0.1) is 65.1 Å². The number of aryl methyl sites for hydroxylation is 1. The summed E-state index contributed by atoms with van der Waals surface area (Å²) in [5.74, 6) is -24.9. The first-order valence-electron chi connectivity index (χ1n) is 8.95. The molecule has 4 rings (SSSR count). The molecule has 15 heteroatoms. The Hall–Kier alpha value is -1.61. The van der Waals surface area contributed by atoms with Crippen LogP contribution in [0.15, 0.2) is 36.4 Å². The van der Waals surface area contributed by atoms with Crippen LogP contribution in [0.1, 0.15) is 5.56 Å². The Morgan fingerprint density at radius 2 is 0.865 bits per heavy atom. The summed E-state index contributed by atoms with van der Waals surface area (Å²) in [6.45, 7) is 2.12. The molecule has 0 aliphatic rings. The van der Waals surface area contributed by atoms with Gasteiger partial charge in [0.05, 0.1) is 0 Å². The number of benzene rings is 3. The second-order valence-corrected chi connectivity index (χ2v) is 6.77. The van der Waals surface area contributed by atoms with E-state index >= 15 is 0 Å². The predicted molar refractivity (Wildman–Crippen MR) is 124 cm³/mol. The predicted octanol–water partition coefficient (Wildman–Crippen LogP) is 6.86. The van der Waals surface area contributed by atoms with Crippen molar-refractivity contribution in [2.75, 3.05) is 0 Å². The van der Waals surface area contributed by atoms with Crippen LogP contribution < -0.4 is 10.9 Å². The molecule has 0 fully saturated rings. The molecule has 1 radical (unpaired) electrons. The zero-order valence-electron chi connectivity index (χ0n) is 18.0. The minimum atomic E-state index is -2.55. The summed E-state index contributed by atoms with van der Waals surface area (Å²) in [5, 5.41) is 2.69. The van der Waals surface area contributed by atoms with E-state index in [4.69, 9.17) is 0 Å². The monoisotopic (exact) mass is 672 g/mol. The molecular formula is C22H12BCl3F10Zr-. The number of hydrogen-bond acceptors (Lipinski definition) is 0. The van der Waals surface area contributed by atoms with Crippen LogP contribution in [0.3, 0.4) is 0 Å². The van der Waals surface area contributed by atoms with Gasteiger partial charge < -0.3 is 0 Å². The molecule has 0 heterocycles. The summed E-state index contributed by atoms with van der Waals surface area (Å²) < 4.78 is 131. The largest absolute Gasteiger partial charge is 0.207 e.